The van der Waals surface area contributed by atoms with Crippen molar-refractivity contribution < 1.29 is 9.78 Å². The van der Waals surface area contributed by atoms with Crippen LogP contribution in [0.4, 0.5) is 5.82 Å². The Morgan fingerprint density at radius 2 is 1.83 bits per heavy atom. The molecular formula is C19H24N3O+. The average Bonchev–Trinajstić information content (AvgIpc) is 2.59. The van der Waals surface area contributed by atoms with Gasteiger partial charge in [0, 0.05) is 6.07 Å². The van der Waals surface area contributed by atoms with Gasteiger partial charge in [0.05, 0.1) is 25.7 Å². The summed E-state index contributed by atoms with van der Waals surface area (Å²) in [6.45, 7) is 7.51. The molecule has 2 heterocycles. The molecule has 0 saturated carbocycles. The zero-order valence-corrected chi connectivity index (χ0v) is 13.9. The molecule has 4 heteroatoms. The van der Waals surface area contributed by atoms with E-state index in [0.29, 0.717) is 6.42 Å². The summed E-state index contributed by atoms with van der Waals surface area (Å²) < 4.78 is 0. The summed E-state index contributed by atoms with van der Waals surface area (Å²) in [6, 6.07) is 12.4. The SMILES string of the molecule is Cc1ccc(CC(=O)N2CCN(c3cccc[nH+]3)CC2)cc1C. The molecule has 0 spiro atoms. The average molecular weight is 310 g/mol. The summed E-state index contributed by atoms with van der Waals surface area (Å²) in [5, 5.41) is 0. The third-order valence-corrected chi connectivity index (χ3v) is 4.59. The Kier molecular flexibility index (Phi) is 4.60. The van der Waals surface area contributed by atoms with Crippen LogP contribution < -0.4 is 9.88 Å². The second kappa shape index (κ2) is 6.82. The Labute approximate surface area is 137 Å². The first-order valence-corrected chi connectivity index (χ1v) is 8.19. The maximum Gasteiger partial charge on any atom is 0.274 e. The molecule has 120 valence electrons. The van der Waals surface area contributed by atoms with E-state index in [1.54, 1.807) is 0 Å². The standard InChI is InChI=1S/C19H23N3O/c1-15-6-7-17(13-16(15)2)14-19(23)22-11-9-21(10-12-22)18-5-3-4-8-20-18/h3-8,13H,9-12,14H2,1-2H3/p+1. The van der Waals surface area contributed by atoms with Crippen molar-refractivity contribution in [3.63, 3.8) is 0 Å². The highest BCUT2D eigenvalue weighted by atomic mass is 16.2. The van der Waals surface area contributed by atoms with Crippen molar-refractivity contribution in [2.24, 2.45) is 0 Å². The number of aromatic nitrogens is 1. The van der Waals surface area contributed by atoms with Crippen LogP contribution in [0.3, 0.4) is 0 Å². The van der Waals surface area contributed by atoms with Crippen LogP contribution in [0, 0.1) is 13.8 Å². The molecule has 0 radical (unpaired) electrons. The van der Waals surface area contributed by atoms with E-state index < -0.39 is 0 Å². The van der Waals surface area contributed by atoms with Gasteiger partial charge in [0.2, 0.25) is 5.91 Å². The molecule has 23 heavy (non-hydrogen) atoms. The molecule has 1 N–H and O–H groups in total. The summed E-state index contributed by atoms with van der Waals surface area (Å²) in [7, 11) is 0. The Morgan fingerprint density at radius 1 is 1.04 bits per heavy atom. The van der Waals surface area contributed by atoms with Crippen molar-refractivity contribution >= 4 is 11.7 Å². The molecular weight excluding hydrogens is 286 g/mol. The third kappa shape index (κ3) is 3.70. The molecule has 1 aromatic carbocycles. The number of carbonyl (C=O) groups excluding carboxylic acids is 1. The van der Waals surface area contributed by atoms with Crippen LogP contribution in [-0.4, -0.2) is 37.0 Å². The van der Waals surface area contributed by atoms with E-state index in [9.17, 15) is 4.79 Å². The number of H-pyrrole nitrogens is 1. The van der Waals surface area contributed by atoms with E-state index in [1.165, 1.54) is 11.1 Å². The second-order valence-corrected chi connectivity index (χ2v) is 6.21. The number of hydrogen-bond donors (Lipinski definition) is 0. The lowest BCUT2D eigenvalue weighted by molar-refractivity contribution is -0.364. The zero-order chi connectivity index (χ0) is 16.2. The molecule has 2 aromatic rings. The number of nitrogens with zero attached hydrogens (tertiary/aromatic N) is 2. The summed E-state index contributed by atoms with van der Waals surface area (Å²) in [5.41, 5.74) is 3.63. The van der Waals surface area contributed by atoms with E-state index in [1.807, 2.05) is 23.2 Å². The summed E-state index contributed by atoms with van der Waals surface area (Å²) in [5.74, 6) is 1.35. The van der Waals surface area contributed by atoms with Crippen molar-refractivity contribution in [2.75, 3.05) is 31.1 Å². The maximum atomic E-state index is 12.5. The number of rotatable bonds is 3. The molecule has 0 unspecified atom stereocenters. The maximum absolute atomic E-state index is 12.5. The molecule has 1 amide bonds. The Balaban J connectivity index is 1.57. The number of benzene rings is 1. The van der Waals surface area contributed by atoms with Gasteiger partial charge in [0.25, 0.3) is 5.82 Å². The Bertz CT molecular complexity index is 676. The first kappa shape index (κ1) is 15.5. The van der Waals surface area contributed by atoms with Crippen molar-refractivity contribution in [2.45, 2.75) is 20.3 Å². The highest BCUT2D eigenvalue weighted by molar-refractivity contribution is 5.79. The van der Waals surface area contributed by atoms with Gasteiger partial charge in [-0.1, -0.05) is 24.3 Å². The number of pyridine rings is 1. The molecule has 1 fully saturated rings. The van der Waals surface area contributed by atoms with Gasteiger partial charge < -0.3 is 4.90 Å². The first-order chi connectivity index (χ1) is 11.1. The van der Waals surface area contributed by atoms with Crippen LogP contribution >= 0.6 is 0 Å². The lowest BCUT2D eigenvalue weighted by Gasteiger charge is -2.31. The zero-order valence-electron chi connectivity index (χ0n) is 13.9. The molecule has 1 aliphatic heterocycles. The molecule has 4 nitrogen and oxygen atoms in total. The number of aryl methyl sites for hydroxylation is 2. The lowest BCUT2D eigenvalue weighted by Crippen LogP contribution is -2.50. The third-order valence-electron chi connectivity index (χ3n) is 4.59. The van der Waals surface area contributed by atoms with Crippen LogP contribution in [0.1, 0.15) is 16.7 Å². The second-order valence-electron chi connectivity index (χ2n) is 6.21. The smallest absolute Gasteiger partial charge is 0.274 e. The number of nitrogens with one attached hydrogen (secondary N) is 1. The van der Waals surface area contributed by atoms with Crippen molar-refractivity contribution in [3.8, 4) is 0 Å². The Morgan fingerprint density at radius 3 is 2.48 bits per heavy atom. The summed E-state index contributed by atoms with van der Waals surface area (Å²) in [4.78, 5) is 20.0. The first-order valence-electron chi connectivity index (χ1n) is 8.19. The predicted octanol–water partition coefficient (Wildman–Crippen LogP) is 2.01. The summed E-state index contributed by atoms with van der Waals surface area (Å²) in [6.07, 6.45) is 2.44. The van der Waals surface area contributed by atoms with Gasteiger partial charge in [-0.25, -0.2) is 4.98 Å². The molecule has 0 atom stereocenters. The number of hydrogen-bond acceptors (Lipinski definition) is 2. The number of piperazine rings is 1. The van der Waals surface area contributed by atoms with Crippen molar-refractivity contribution in [3.05, 3.63) is 59.3 Å². The van der Waals surface area contributed by atoms with E-state index in [2.05, 4.69) is 48.0 Å². The van der Waals surface area contributed by atoms with Crippen LogP contribution in [0.25, 0.3) is 0 Å². The monoisotopic (exact) mass is 310 g/mol. The van der Waals surface area contributed by atoms with E-state index >= 15 is 0 Å². The molecule has 0 aliphatic carbocycles. The number of aromatic amines is 1. The van der Waals surface area contributed by atoms with E-state index in [0.717, 1.165) is 37.6 Å². The van der Waals surface area contributed by atoms with Crippen LogP contribution in [0.2, 0.25) is 0 Å². The number of amides is 1. The van der Waals surface area contributed by atoms with Gasteiger partial charge >= 0.3 is 0 Å². The van der Waals surface area contributed by atoms with Gasteiger partial charge in [-0.15, -0.1) is 0 Å². The van der Waals surface area contributed by atoms with Gasteiger partial charge in [-0.2, -0.15) is 0 Å². The normalized spacial score (nSPS) is 14.9. The fourth-order valence-corrected chi connectivity index (χ4v) is 2.98. The van der Waals surface area contributed by atoms with Crippen molar-refractivity contribution in [1.82, 2.24) is 4.90 Å². The largest absolute Gasteiger partial charge is 0.335 e. The number of anilines is 1. The van der Waals surface area contributed by atoms with Gasteiger partial charge in [-0.05, 0) is 36.6 Å². The molecule has 1 aromatic heterocycles. The van der Waals surface area contributed by atoms with Gasteiger partial charge in [0.1, 0.15) is 13.1 Å². The predicted molar refractivity (Wildman–Crippen MR) is 91.4 cm³/mol. The lowest BCUT2D eigenvalue weighted by atomic mass is 10.0. The molecule has 3 rings (SSSR count). The van der Waals surface area contributed by atoms with Crippen LogP contribution in [0.5, 0.6) is 0 Å². The minimum atomic E-state index is 0.227. The van der Waals surface area contributed by atoms with Crippen molar-refractivity contribution in [1.29, 1.82) is 0 Å². The van der Waals surface area contributed by atoms with Crippen LogP contribution in [-0.2, 0) is 11.2 Å². The van der Waals surface area contributed by atoms with Gasteiger partial charge in [-0.3, -0.25) is 9.69 Å². The topological polar surface area (TPSA) is 37.7 Å². The van der Waals surface area contributed by atoms with E-state index in [-0.39, 0.29) is 5.91 Å². The summed E-state index contributed by atoms with van der Waals surface area (Å²) >= 11 is 0. The highest BCUT2D eigenvalue weighted by Crippen LogP contribution is 2.14. The minimum Gasteiger partial charge on any atom is -0.335 e. The van der Waals surface area contributed by atoms with Gasteiger partial charge in [0.15, 0.2) is 0 Å². The van der Waals surface area contributed by atoms with Crippen LogP contribution in [0.15, 0.2) is 42.6 Å². The fraction of sp³-hybridized carbons (Fsp3) is 0.368. The molecule has 1 saturated heterocycles. The highest BCUT2D eigenvalue weighted by Gasteiger charge is 2.25. The molecule has 0 bridgehead atoms. The Hall–Kier alpha value is -2.36. The quantitative estimate of drug-likeness (QED) is 0.870. The number of carbonyl (C=O) groups is 1. The van der Waals surface area contributed by atoms with E-state index in [4.69, 9.17) is 0 Å². The molecule has 1 aliphatic rings. The minimum absolute atomic E-state index is 0.227. The fourth-order valence-electron chi connectivity index (χ4n) is 2.98.